The van der Waals surface area contributed by atoms with Gasteiger partial charge in [0.15, 0.2) is 17.5 Å². The van der Waals surface area contributed by atoms with Crippen molar-refractivity contribution in [1.82, 2.24) is 15.0 Å². The lowest BCUT2D eigenvalue weighted by Crippen LogP contribution is -2.02. The Balaban J connectivity index is 1.99. The summed E-state index contributed by atoms with van der Waals surface area (Å²) in [5, 5.41) is 9.39. The molecule has 4 rings (SSSR count). The Morgan fingerprint density at radius 1 is 0.630 bits per heavy atom. The number of aromatic nitrogens is 3. The van der Waals surface area contributed by atoms with Crippen molar-refractivity contribution in [3.05, 3.63) is 90.2 Å². The molecule has 0 saturated heterocycles. The molecule has 0 aliphatic carbocycles. The van der Waals surface area contributed by atoms with Crippen LogP contribution in [-0.2, 0) is 0 Å². The van der Waals surface area contributed by atoms with Crippen molar-refractivity contribution in [2.24, 2.45) is 0 Å². The molecule has 0 fully saturated rings. The molecule has 0 N–H and O–H groups in total. The monoisotopic (exact) mass is 352 g/mol. The van der Waals surface area contributed by atoms with Gasteiger partial charge in [0.05, 0.1) is 17.2 Å². The molecule has 0 atom stereocenters. The topological polar surface area (TPSA) is 62.5 Å². The highest BCUT2D eigenvalue weighted by Crippen LogP contribution is 2.28. The normalized spacial score (nSPS) is 10.4. The number of rotatable bonds is 3. The number of nitriles is 1. The summed E-state index contributed by atoms with van der Waals surface area (Å²) < 4.78 is 14.5. The van der Waals surface area contributed by atoms with Gasteiger partial charge in [-0.3, -0.25) is 0 Å². The van der Waals surface area contributed by atoms with Crippen LogP contribution in [0.4, 0.5) is 4.39 Å². The second-order valence-electron chi connectivity index (χ2n) is 5.81. The van der Waals surface area contributed by atoms with E-state index in [0.29, 0.717) is 11.6 Å². The molecule has 0 saturated carbocycles. The van der Waals surface area contributed by atoms with E-state index in [0.717, 1.165) is 11.1 Å². The van der Waals surface area contributed by atoms with Crippen LogP contribution < -0.4 is 0 Å². The van der Waals surface area contributed by atoms with Gasteiger partial charge in [-0.1, -0.05) is 66.7 Å². The summed E-state index contributed by atoms with van der Waals surface area (Å²) in [5.74, 6) is 0.439. The molecule has 0 radical (unpaired) electrons. The summed E-state index contributed by atoms with van der Waals surface area (Å²) >= 11 is 0. The Labute approximate surface area is 155 Å². The average molecular weight is 352 g/mol. The molecule has 0 amide bonds. The van der Waals surface area contributed by atoms with Gasteiger partial charge in [0.2, 0.25) is 0 Å². The third-order valence-electron chi connectivity index (χ3n) is 4.06. The van der Waals surface area contributed by atoms with Crippen LogP contribution in [0.1, 0.15) is 5.56 Å². The van der Waals surface area contributed by atoms with Gasteiger partial charge >= 0.3 is 0 Å². The van der Waals surface area contributed by atoms with Crippen LogP contribution in [0.25, 0.3) is 34.2 Å². The molecular weight excluding hydrogens is 339 g/mol. The summed E-state index contributed by atoms with van der Waals surface area (Å²) in [4.78, 5) is 13.5. The second-order valence-corrected chi connectivity index (χ2v) is 5.81. The lowest BCUT2D eigenvalue weighted by molar-refractivity contribution is 0.629. The van der Waals surface area contributed by atoms with Crippen molar-refractivity contribution in [3.63, 3.8) is 0 Å². The molecular formula is C22H13FN4. The summed E-state index contributed by atoms with van der Waals surface area (Å²) in [7, 11) is 0. The van der Waals surface area contributed by atoms with E-state index in [1.54, 1.807) is 6.07 Å². The van der Waals surface area contributed by atoms with E-state index >= 15 is 0 Å². The zero-order valence-corrected chi connectivity index (χ0v) is 14.2. The Morgan fingerprint density at radius 3 is 1.67 bits per heavy atom. The van der Waals surface area contributed by atoms with Crippen LogP contribution in [0, 0.1) is 17.1 Å². The lowest BCUT2D eigenvalue weighted by atomic mass is 10.1. The molecule has 0 unspecified atom stereocenters. The number of halogens is 1. The van der Waals surface area contributed by atoms with Gasteiger partial charge in [0, 0.05) is 11.1 Å². The first-order chi connectivity index (χ1) is 13.3. The first kappa shape index (κ1) is 16.6. The Morgan fingerprint density at radius 2 is 1.15 bits per heavy atom. The minimum Gasteiger partial charge on any atom is -0.208 e. The van der Waals surface area contributed by atoms with Crippen molar-refractivity contribution in [1.29, 1.82) is 5.26 Å². The van der Waals surface area contributed by atoms with E-state index in [1.807, 2.05) is 66.7 Å². The molecule has 27 heavy (non-hydrogen) atoms. The molecule has 0 aliphatic rings. The molecule has 0 spiro atoms. The molecule has 0 aliphatic heterocycles. The van der Waals surface area contributed by atoms with Crippen molar-refractivity contribution in [2.45, 2.75) is 0 Å². The van der Waals surface area contributed by atoms with Crippen molar-refractivity contribution < 1.29 is 4.39 Å². The van der Waals surface area contributed by atoms with E-state index < -0.39 is 5.82 Å². The zero-order chi connectivity index (χ0) is 18.6. The zero-order valence-electron chi connectivity index (χ0n) is 14.2. The highest BCUT2D eigenvalue weighted by Gasteiger charge is 2.17. The fourth-order valence-corrected chi connectivity index (χ4v) is 2.76. The predicted octanol–water partition coefficient (Wildman–Crippen LogP) is 4.88. The molecule has 5 heteroatoms. The molecule has 1 heterocycles. The summed E-state index contributed by atoms with van der Waals surface area (Å²) in [6, 6.07) is 25.2. The molecule has 1 aromatic heterocycles. The fraction of sp³-hybridized carbons (Fsp3) is 0. The maximum absolute atomic E-state index is 14.5. The highest BCUT2D eigenvalue weighted by molar-refractivity contribution is 5.70. The third-order valence-corrected chi connectivity index (χ3v) is 4.06. The number of nitrogens with zero attached hydrogens (tertiary/aromatic N) is 4. The van der Waals surface area contributed by atoms with Crippen molar-refractivity contribution in [2.75, 3.05) is 0 Å². The van der Waals surface area contributed by atoms with Gasteiger partial charge in [0.25, 0.3) is 0 Å². The van der Waals surface area contributed by atoms with Crippen LogP contribution in [0.2, 0.25) is 0 Å². The second kappa shape index (κ2) is 7.14. The number of hydrogen-bond acceptors (Lipinski definition) is 4. The molecule has 0 bridgehead atoms. The number of hydrogen-bond donors (Lipinski definition) is 0. The van der Waals surface area contributed by atoms with Crippen molar-refractivity contribution >= 4 is 0 Å². The van der Waals surface area contributed by atoms with Gasteiger partial charge in [-0.05, 0) is 12.1 Å². The summed E-state index contributed by atoms with van der Waals surface area (Å²) in [6.45, 7) is 0. The quantitative estimate of drug-likeness (QED) is 0.527. The Bertz CT molecular complexity index is 1080. The van der Waals surface area contributed by atoms with Gasteiger partial charge < -0.3 is 0 Å². The van der Waals surface area contributed by atoms with Gasteiger partial charge in [0.1, 0.15) is 5.82 Å². The molecule has 128 valence electrons. The minimum absolute atomic E-state index is 0.0803. The predicted molar refractivity (Wildman–Crippen MR) is 101 cm³/mol. The average Bonchev–Trinajstić information content (AvgIpc) is 2.74. The number of benzene rings is 3. The Hall–Kier alpha value is -3.91. The van der Waals surface area contributed by atoms with Gasteiger partial charge in [-0.25, -0.2) is 19.3 Å². The summed E-state index contributed by atoms with van der Waals surface area (Å²) in [5.41, 5.74) is 1.83. The van der Waals surface area contributed by atoms with Crippen LogP contribution in [0.3, 0.4) is 0 Å². The van der Waals surface area contributed by atoms with Gasteiger partial charge in [-0.15, -0.1) is 0 Å². The van der Waals surface area contributed by atoms with E-state index in [1.165, 1.54) is 12.1 Å². The van der Waals surface area contributed by atoms with Crippen LogP contribution >= 0.6 is 0 Å². The maximum Gasteiger partial charge on any atom is 0.168 e. The van der Waals surface area contributed by atoms with Gasteiger partial charge in [-0.2, -0.15) is 5.26 Å². The van der Waals surface area contributed by atoms with E-state index in [2.05, 4.69) is 15.0 Å². The van der Waals surface area contributed by atoms with E-state index in [9.17, 15) is 9.65 Å². The molecule has 4 nitrogen and oxygen atoms in total. The third kappa shape index (κ3) is 3.29. The maximum atomic E-state index is 14.5. The van der Waals surface area contributed by atoms with Crippen LogP contribution in [-0.4, -0.2) is 15.0 Å². The highest BCUT2D eigenvalue weighted by atomic mass is 19.1. The first-order valence-electron chi connectivity index (χ1n) is 8.32. The SMILES string of the molecule is N#Cc1cccc(F)c1-c1nc(-c2ccccc2)nc(-c2ccccc2)n1. The Kier molecular flexibility index (Phi) is 4.38. The summed E-state index contributed by atoms with van der Waals surface area (Å²) in [6.07, 6.45) is 0. The van der Waals surface area contributed by atoms with E-state index in [4.69, 9.17) is 0 Å². The minimum atomic E-state index is -0.543. The fourth-order valence-electron chi connectivity index (χ4n) is 2.76. The van der Waals surface area contributed by atoms with Crippen LogP contribution in [0.15, 0.2) is 78.9 Å². The first-order valence-corrected chi connectivity index (χ1v) is 8.32. The lowest BCUT2D eigenvalue weighted by Gasteiger charge is -2.09. The smallest absolute Gasteiger partial charge is 0.168 e. The molecule has 3 aromatic carbocycles. The molecule has 4 aromatic rings. The van der Waals surface area contributed by atoms with Crippen LogP contribution in [0.5, 0.6) is 0 Å². The van der Waals surface area contributed by atoms with E-state index in [-0.39, 0.29) is 17.0 Å². The van der Waals surface area contributed by atoms with Crippen molar-refractivity contribution in [3.8, 4) is 40.2 Å². The standard InChI is InChI=1S/C22H13FN4/c23-18-13-7-12-17(14-24)19(18)22-26-20(15-8-3-1-4-9-15)25-21(27-22)16-10-5-2-6-11-16/h1-13H. The largest absolute Gasteiger partial charge is 0.208 e.